The van der Waals surface area contributed by atoms with Gasteiger partial charge in [0.2, 0.25) is 0 Å². The lowest BCUT2D eigenvalue weighted by atomic mass is 9.86. The number of nitrogens with one attached hydrogen (secondary N) is 1. The molecule has 2 amide bonds. The van der Waals surface area contributed by atoms with Crippen molar-refractivity contribution in [1.82, 2.24) is 15.2 Å². The second-order valence-electron chi connectivity index (χ2n) is 7.28. The van der Waals surface area contributed by atoms with Crippen molar-refractivity contribution >= 4 is 49.8 Å². The van der Waals surface area contributed by atoms with Gasteiger partial charge in [0.1, 0.15) is 24.5 Å². The highest BCUT2D eigenvalue weighted by molar-refractivity contribution is 7.96. The van der Waals surface area contributed by atoms with E-state index in [0.29, 0.717) is 12.8 Å². The number of carbonyl (C=O) groups excluding carboxylic acids is 2. The molecule has 0 spiro atoms. The number of nitrogens with zero attached hydrogens (tertiary/aromatic N) is 3. The van der Waals surface area contributed by atoms with Crippen molar-refractivity contribution in [2.24, 2.45) is 5.16 Å². The Hall–Kier alpha value is -3.00. The smallest absolute Gasteiger partial charge is 0.353 e. The number of carboxylic acids is 1. The summed E-state index contributed by atoms with van der Waals surface area (Å²) in [5.74, 6) is -2.93. The van der Waals surface area contributed by atoms with E-state index in [1.54, 1.807) is 0 Å². The van der Waals surface area contributed by atoms with Crippen LogP contribution < -0.4 is 11.1 Å². The number of hydrogen-bond donors (Lipinski definition) is 3. The number of fused-ring (bicyclic) bond motifs is 1. The number of hydrogen-bond acceptors (Lipinski definition) is 10. The number of nitrogens with two attached hydrogens (primary N) is 1. The minimum atomic E-state index is -3.76. The maximum absolute atomic E-state index is 12.7. The first-order valence-corrected chi connectivity index (χ1v) is 11.8. The van der Waals surface area contributed by atoms with Gasteiger partial charge in [0.15, 0.2) is 20.7 Å². The molecule has 2 aliphatic heterocycles. The van der Waals surface area contributed by atoms with Gasteiger partial charge in [-0.25, -0.2) is 18.2 Å². The second kappa shape index (κ2) is 7.60. The molecule has 4 rings (SSSR count). The van der Waals surface area contributed by atoms with Crippen molar-refractivity contribution in [3.05, 3.63) is 21.7 Å². The zero-order chi connectivity index (χ0) is 22.5. The van der Waals surface area contributed by atoms with Gasteiger partial charge in [-0.2, -0.15) is 0 Å². The van der Waals surface area contributed by atoms with Gasteiger partial charge in [-0.1, -0.05) is 5.16 Å². The number of aromatic nitrogens is 1. The predicted molar refractivity (Wildman–Crippen MR) is 108 cm³/mol. The maximum Gasteiger partial charge on any atom is 0.353 e. The number of β-lactam (4-membered cyclic amide) rings is 1. The Kier molecular flexibility index (Phi) is 5.21. The summed E-state index contributed by atoms with van der Waals surface area (Å²) in [5.41, 5.74) is 5.04. The van der Waals surface area contributed by atoms with E-state index in [4.69, 9.17) is 5.73 Å². The van der Waals surface area contributed by atoms with E-state index >= 15 is 0 Å². The molecule has 0 aromatic carbocycles. The molecule has 1 aromatic heterocycles. The summed E-state index contributed by atoms with van der Waals surface area (Å²) in [7, 11) is -2.52. The highest BCUT2D eigenvalue weighted by Gasteiger charge is 2.56. The largest absolute Gasteiger partial charge is 0.477 e. The number of carboxylic acid groups (broad SMARTS) is 1. The normalized spacial score (nSPS) is 23.8. The highest BCUT2D eigenvalue weighted by atomic mass is 32.2. The molecule has 4 N–H and O–H groups in total. The first kappa shape index (κ1) is 21.2. The minimum Gasteiger partial charge on any atom is -0.477 e. The molecule has 0 radical (unpaired) electrons. The number of nitrogen functional groups attached to an aromatic ring is 1. The molecule has 12 nitrogen and oxygen atoms in total. The molecular formula is C17H19N5O7S2. The quantitative estimate of drug-likeness (QED) is 0.268. The molecule has 1 aromatic rings. The lowest BCUT2D eigenvalue weighted by molar-refractivity contribution is -0.155. The number of thiazole rings is 1. The summed E-state index contributed by atoms with van der Waals surface area (Å²) in [6.45, 7) is 0. The maximum atomic E-state index is 12.7. The molecule has 1 saturated heterocycles. The molecule has 0 bridgehead atoms. The van der Waals surface area contributed by atoms with E-state index in [9.17, 15) is 27.9 Å². The van der Waals surface area contributed by atoms with Crippen LogP contribution in [0.15, 0.2) is 21.1 Å². The fourth-order valence-corrected chi connectivity index (χ4v) is 6.35. The van der Waals surface area contributed by atoms with E-state index in [-0.39, 0.29) is 34.3 Å². The Morgan fingerprint density at radius 3 is 2.65 bits per heavy atom. The van der Waals surface area contributed by atoms with Crippen LogP contribution in [0.2, 0.25) is 0 Å². The Bertz CT molecular complexity index is 1140. The van der Waals surface area contributed by atoms with E-state index in [2.05, 4.69) is 20.3 Å². The summed E-state index contributed by atoms with van der Waals surface area (Å²) in [6, 6.07) is -1.70. The van der Waals surface area contributed by atoms with E-state index < -0.39 is 50.7 Å². The van der Waals surface area contributed by atoms with Gasteiger partial charge in [-0.05, 0) is 25.7 Å². The molecule has 0 unspecified atom stereocenters. The fraction of sp³-hybridized carbons (Fsp3) is 0.471. The second-order valence-corrected chi connectivity index (χ2v) is 10.4. The zero-order valence-electron chi connectivity index (χ0n) is 16.3. The molecule has 3 aliphatic rings. The number of sulfone groups is 1. The molecule has 31 heavy (non-hydrogen) atoms. The van der Waals surface area contributed by atoms with Gasteiger partial charge in [-0.3, -0.25) is 14.5 Å². The predicted octanol–water partition coefficient (Wildman–Crippen LogP) is -0.561. The third kappa shape index (κ3) is 3.54. The van der Waals surface area contributed by atoms with Crippen LogP contribution >= 0.6 is 11.3 Å². The minimum absolute atomic E-state index is 0.0110. The van der Waals surface area contributed by atoms with Gasteiger partial charge in [-0.15, -0.1) is 11.3 Å². The van der Waals surface area contributed by atoms with Gasteiger partial charge in [0.05, 0.1) is 16.2 Å². The standard InChI is InChI=1S/C17H19N5O7S2/c1-29-21-11(8-6-30-17(18)19-8)14(23)20-12-9-4-5-10(31(27,28)7-2-3-7)13(16(25)26)22(9)15(12)24/h6-7,9,12H,2-5H2,1H3,(H2,18,19)(H,20,23)(H,25,26)/b21-11+/t9-,12+/m1/s1. The number of aliphatic carboxylic acids is 1. The Morgan fingerprint density at radius 1 is 1.39 bits per heavy atom. The SMILES string of the molecule is CO/N=C(/C(=O)N[C@@H]1C(=O)N2C(C(=O)O)=C(S(=O)(=O)C3CC3)CC[C@H]12)c1csc(N)n1. The third-order valence-electron chi connectivity index (χ3n) is 5.35. The first-order valence-electron chi connectivity index (χ1n) is 9.33. The molecule has 1 aliphatic carbocycles. The van der Waals surface area contributed by atoms with Crippen LogP contribution in [-0.2, 0) is 29.1 Å². The monoisotopic (exact) mass is 469 g/mol. The number of rotatable bonds is 7. The lowest BCUT2D eigenvalue weighted by Gasteiger charge is -2.49. The highest BCUT2D eigenvalue weighted by Crippen LogP contribution is 2.43. The van der Waals surface area contributed by atoms with Crippen LogP contribution in [0.25, 0.3) is 0 Å². The number of oxime groups is 1. The van der Waals surface area contributed by atoms with Crippen LogP contribution in [0.5, 0.6) is 0 Å². The zero-order valence-corrected chi connectivity index (χ0v) is 17.9. The summed E-state index contributed by atoms with van der Waals surface area (Å²) < 4.78 is 25.3. The van der Waals surface area contributed by atoms with Crippen LogP contribution in [-0.4, -0.2) is 71.3 Å². The lowest BCUT2D eigenvalue weighted by Crippen LogP contribution is -2.72. The molecule has 166 valence electrons. The Balaban J connectivity index is 1.57. The van der Waals surface area contributed by atoms with Crippen molar-refractivity contribution in [3.8, 4) is 0 Å². The van der Waals surface area contributed by atoms with Crippen molar-refractivity contribution in [1.29, 1.82) is 0 Å². The van der Waals surface area contributed by atoms with E-state index in [1.165, 1.54) is 12.5 Å². The summed E-state index contributed by atoms with van der Waals surface area (Å²) in [6.07, 6.45) is 1.16. The van der Waals surface area contributed by atoms with Gasteiger partial charge in [0, 0.05) is 5.38 Å². The fourth-order valence-electron chi connectivity index (χ4n) is 3.79. The molecule has 14 heteroatoms. The van der Waals surface area contributed by atoms with Crippen molar-refractivity contribution in [2.45, 2.75) is 43.0 Å². The van der Waals surface area contributed by atoms with Crippen LogP contribution in [0.4, 0.5) is 5.13 Å². The van der Waals surface area contributed by atoms with Crippen molar-refractivity contribution < 1.29 is 32.7 Å². The van der Waals surface area contributed by atoms with Crippen molar-refractivity contribution in [3.63, 3.8) is 0 Å². The van der Waals surface area contributed by atoms with Gasteiger partial charge in [0.25, 0.3) is 11.8 Å². The summed E-state index contributed by atoms with van der Waals surface area (Å²) in [5, 5.41) is 16.9. The van der Waals surface area contributed by atoms with Crippen molar-refractivity contribution in [2.75, 3.05) is 12.8 Å². The molecule has 3 heterocycles. The number of allylic oxidation sites excluding steroid dienone is 1. The average Bonchev–Trinajstić information content (AvgIpc) is 3.51. The molecule has 2 fully saturated rings. The number of anilines is 1. The average molecular weight is 470 g/mol. The summed E-state index contributed by atoms with van der Waals surface area (Å²) >= 11 is 1.09. The molecule has 2 atom stereocenters. The third-order valence-corrected chi connectivity index (χ3v) is 8.46. The molecule has 1 saturated carbocycles. The van der Waals surface area contributed by atoms with Crippen LogP contribution in [0, 0.1) is 0 Å². The summed E-state index contributed by atoms with van der Waals surface area (Å²) in [4.78, 5) is 46.7. The number of amides is 2. The Labute approximate surface area is 180 Å². The van der Waals surface area contributed by atoms with Gasteiger partial charge >= 0.3 is 5.97 Å². The topological polar surface area (TPSA) is 181 Å². The van der Waals surface area contributed by atoms with Gasteiger partial charge < -0.3 is 21.0 Å². The van der Waals surface area contributed by atoms with Crippen LogP contribution in [0.3, 0.4) is 0 Å². The molecular weight excluding hydrogens is 450 g/mol. The van der Waals surface area contributed by atoms with E-state index in [1.807, 2.05) is 0 Å². The van der Waals surface area contributed by atoms with Crippen LogP contribution in [0.1, 0.15) is 31.4 Å². The number of carbonyl (C=O) groups is 3. The first-order chi connectivity index (χ1) is 14.7. The Morgan fingerprint density at radius 2 is 2.10 bits per heavy atom. The van der Waals surface area contributed by atoms with E-state index in [0.717, 1.165) is 16.2 Å².